The van der Waals surface area contributed by atoms with E-state index >= 15 is 0 Å². The summed E-state index contributed by atoms with van der Waals surface area (Å²) in [7, 11) is 0. The number of anilines is 1. The molecule has 0 aliphatic heterocycles. The van der Waals surface area contributed by atoms with Gasteiger partial charge in [0.1, 0.15) is 0 Å². The Bertz CT molecular complexity index is 340. The Morgan fingerprint density at radius 2 is 2.07 bits per heavy atom. The summed E-state index contributed by atoms with van der Waals surface area (Å²) in [5.74, 6) is -0.0357. The molecule has 72 valence electrons. The molecule has 0 aromatic heterocycles. The fourth-order valence-electron chi connectivity index (χ4n) is 1.24. The van der Waals surface area contributed by atoms with E-state index in [1.165, 1.54) is 6.92 Å². The molecular formula is C11H12N2O. The first kappa shape index (κ1) is 10.3. The van der Waals surface area contributed by atoms with Crippen molar-refractivity contribution >= 4 is 11.6 Å². The number of nitrogens with zero attached hydrogens (tertiary/aromatic N) is 2. The van der Waals surface area contributed by atoms with E-state index in [-0.39, 0.29) is 5.91 Å². The minimum atomic E-state index is -0.0357. The first-order valence-electron chi connectivity index (χ1n) is 4.46. The number of amides is 1. The number of hydrogen-bond donors (Lipinski definition) is 0. The maximum Gasteiger partial charge on any atom is 0.223 e. The highest BCUT2D eigenvalue weighted by Crippen LogP contribution is 2.13. The molecule has 0 saturated heterocycles. The Hall–Kier alpha value is -1.82. The molecule has 3 nitrogen and oxygen atoms in total. The van der Waals surface area contributed by atoms with Crippen molar-refractivity contribution < 1.29 is 4.79 Å². The van der Waals surface area contributed by atoms with Gasteiger partial charge >= 0.3 is 0 Å². The fraction of sp³-hybridized carbons (Fsp3) is 0.273. The van der Waals surface area contributed by atoms with Crippen LogP contribution in [-0.4, -0.2) is 12.5 Å². The molecule has 14 heavy (non-hydrogen) atoms. The highest BCUT2D eigenvalue weighted by Gasteiger charge is 2.09. The molecule has 3 heteroatoms. The highest BCUT2D eigenvalue weighted by atomic mass is 16.2. The van der Waals surface area contributed by atoms with Gasteiger partial charge in [-0.2, -0.15) is 5.26 Å². The summed E-state index contributed by atoms with van der Waals surface area (Å²) >= 11 is 0. The Morgan fingerprint density at radius 3 is 2.57 bits per heavy atom. The molecular weight excluding hydrogens is 176 g/mol. The maximum absolute atomic E-state index is 11.3. The number of carbonyl (C=O) groups is 1. The van der Waals surface area contributed by atoms with Crippen LogP contribution in [0.5, 0.6) is 0 Å². The van der Waals surface area contributed by atoms with Crippen molar-refractivity contribution in [2.24, 2.45) is 0 Å². The van der Waals surface area contributed by atoms with Crippen LogP contribution in [0.25, 0.3) is 0 Å². The molecule has 1 aromatic rings. The molecule has 0 saturated carbocycles. The molecule has 0 atom stereocenters. The molecule has 0 aliphatic rings. The van der Waals surface area contributed by atoms with E-state index in [1.807, 2.05) is 36.4 Å². The van der Waals surface area contributed by atoms with Crippen LogP contribution >= 0.6 is 0 Å². The van der Waals surface area contributed by atoms with Gasteiger partial charge in [-0.15, -0.1) is 0 Å². The van der Waals surface area contributed by atoms with Crippen LogP contribution in [0.15, 0.2) is 30.3 Å². The fourth-order valence-corrected chi connectivity index (χ4v) is 1.24. The van der Waals surface area contributed by atoms with E-state index in [4.69, 9.17) is 5.26 Å². The van der Waals surface area contributed by atoms with Gasteiger partial charge in [-0.05, 0) is 12.1 Å². The number of carbonyl (C=O) groups excluding carboxylic acids is 1. The molecule has 0 fully saturated rings. The lowest BCUT2D eigenvalue weighted by atomic mass is 10.2. The maximum atomic E-state index is 11.3. The topological polar surface area (TPSA) is 44.1 Å². The molecule has 0 aliphatic carbocycles. The lowest BCUT2D eigenvalue weighted by molar-refractivity contribution is -0.116. The highest BCUT2D eigenvalue weighted by molar-refractivity contribution is 5.91. The number of rotatable bonds is 3. The smallest absolute Gasteiger partial charge is 0.223 e. The van der Waals surface area contributed by atoms with Gasteiger partial charge in [0.15, 0.2) is 0 Å². The second kappa shape index (κ2) is 5.03. The van der Waals surface area contributed by atoms with Gasteiger partial charge in [0.2, 0.25) is 5.91 Å². The van der Waals surface area contributed by atoms with Gasteiger partial charge in [0.25, 0.3) is 0 Å². The van der Waals surface area contributed by atoms with Gasteiger partial charge in [0.05, 0.1) is 12.5 Å². The quantitative estimate of drug-likeness (QED) is 0.727. The third-order valence-electron chi connectivity index (χ3n) is 1.90. The molecule has 0 spiro atoms. The van der Waals surface area contributed by atoms with Crippen molar-refractivity contribution in [3.8, 4) is 6.07 Å². The van der Waals surface area contributed by atoms with Crippen molar-refractivity contribution in [1.29, 1.82) is 5.26 Å². The number of para-hydroxylation sites is 1. The lowest BCUT2D eigenvalue weighted by Crippen LogP contribution is -2.29. The normalized spacial score (nSPS) is 9.14. The Morgan fingerprint density at radius 1 is 1.43 bits per heavy atom. The lowest BCUT2D eigenvalue weighted by Gasteiger charge is -2.19. The zero-order valence-electron chi connectivity index (χ0n) is 8.10. The zero-order valence-corrected chi connectivity index (χ0v) is 8.10. The molecule has 1 rings (SSSR count). The Balaban J connectivity index is 2.79. The molecule has 1 amide bonds. The molecule has 0 radical (unpaired) electrons. The molecule has 0 heterocycles. The summed E-state index contributed by atoms with van der Waals surface area (Å²) in [6, 6.07) is 11.4. The predicted molar refractivity (Wildman–Crippen MR) is 54.7 cm³/mol. The summed E-state index contributed by atoms with van der Waals surface area (Å²) in [5, 5.41) is 8.46. The van der Waals surface area contributed by atoms with E-state index in [0.717, 1.165) is 5.69 Å². The van der Waals surface area contributed by atoms with Crippen LogP contribution in [0.2, 0.25) is 0 Å². The van der Waals surface area contributed by atoms with Crippen LogP contribution in [0.3, 0.4) is 0 Å². The van der Waals surface area contributed by atoms with Gasteiger partial charge < -0.3 is 4.90 Å². The second-order valence-corrected chi connectivity index (χ2v) is 2.91. The molecule has 0 unspecified atom stereocenters. The van der Waals surface area contributed by atoms with Crippen molar-refractivity contribution in [3.05, 3.63) is 30.3 Å². The van der Waals surface area contributed by atoms with Crippen LogP contribution in [0.1, 0.15) is 13.3 Å². The van der Waals surface area contributed by atoms with Crippen LogP contribution in [0, 0.1) is 11.3 Å². The minimum absolute atomic E-state index is 0.0357. The first-order chi connectivity index (χ1) is 6.75. The van der Waals surface area contributed by atoms with Crippen molar-refractivity contribution in [1.82, 2.24) is 0 Å². The van der Waals surface area contributed by atoms with Gasteiger partial charge in [-0.1, -0.05) is 18.2 Å². The van der Waals surface area contributed by atoms with Crippen molar-refractivity contribution in [2.45, 2.75) is 13.3 Å². The molecule has 0 N–H and O–H groups in total. The number of nitriles is 1. The van der Waals surface area contributed by atoms with Crippen LogP contribution < -0.4 is 4.90 Å². The van der Waals surface area contributed by atoms with Crippen molar-refractivity contribution in [2.75, 3.05) is 11.4 Å². The minimum Gasteiger partial charge on any atom is -0.312 e. The molecule has 1 aromatic carbocycles. The van der Waals surface area contributed by atoms with Gasteiger partial charge in [-0.25, -0.2) is 0 Å². The van der Waals surface area contributed by atoms with Crippen LogP contribution in [0.4, 0.5) is 5.69 Å². The average Bonchev–Trinajstić information content (AvgIpc) is 2.19. The van der Waals surface area contributed by atoms with E-state index in [0.29, 0.717) is 13.0 Å². The van der Waals surface area contributed by atoms with Gasteiger partial charge in [0, 0.05) is 19.2 Å². The van der Waals surface area contributed by atoms with E-state index in [1.54, 1.807) is 4.90 Å². The van der Waals surface area contributed by atoms with Crippen molar-refractivity contribution in [3.63, 3.8) is 0 Å². The summed E-state index contributed by atoms with van der Waals surface area (Å²) in [5.41, 5.74) is 0.843. The SMILES string of the molecule is CC(=O)N(CCC#N)c1ccccc1. The van der Waals surface area contributed by atoms with Gasteiger partial charge in [-0.3, -0.25) is 4.79 Å². The zero-order chi connectivity index (χ0) is 10.4. The second-order valence-electron chi connectivity index (χ2n) is 2.91. The van der Waals surface area contributed by atoms with E-state index in [9.17, 15) is 4.79 Å². The van der Waals surface area contributed by atoms with E-state index in [2.05, 4.69) is 0 Å². The summed E-state index contributed by atoms with van der Waals surface area (Å²) in [6.07, 6.45) is 0.356. The summed E-state index contributed by atoms with van der Waals surface area (Å²) < 4.78 is 0. The Labute approximate surface area is 83.6 Å². The van der Waals surface area contributed by atoms with Crippen LogP contribution in [-0.2, 0) is 4.79 Å². The summed E-state index contributed by atoms with van der Waals surface area (Å²) in [6.45, 7) is 1.96. The summed E-state index contributed by atoms with van der Waals surface area (Å²) in [4.78, 5) is 12.9. The standard InChI is InChI=1S/C11H12N2O/c1-10(14)13(9-5-8-12)11-6-3-2-4-7-11/h2-4,6-7H,5,9H2,1H3. The number of hydrogen-bond acceptors (Lipinski definition) is 2. The predicted octanol–water partition coefficient (Wildman–Crippen LogP) is 1.95. The monoisotopic (exact) mass is 188 g/mol. The third-order valence-corrected chi connectivity index (χ3v) is 1.90. The largest absolute Gasteiger partial charge is 0.312 e. The number of benzene rings is 1. The third kappa shape index (κ3) is 2.60. The molecule has 0 bridgehead atoms. The van der Waals surface area contributed by atoms with E-state index < -0.39 is 0 Å². The average molecular weight is 188 g/mol. The first-order valence-corrected chi connectivity index (χ1v) is 4.46. The Kier molecular flexibility index (Phi) is 3.69.